The van der Waals surface area contributed by atoms with Crippen LogP contribution in [0.15, 0.2) is 17.1 Å². The molecular formula is C13H20N2O2. The highest BCUT2D eigenvalue weighted by Gasteiger charge is 2.34. The maximum atomic E-state index is 10.9. The highest BCUT2D eigenvalue weighted by atomic mass is 16.5. The number of nitrogens with one attached hydrogen (secondary N) is 1. The van der Waals surface area contributed by atoms with Crippen LogP contribution in [-0.4, -0.2) is 30.5 Å². The first-order chi connectivity index (χ1) is 7.94. The Balaban J connectivity index is 3.08. The number of ether oxygens (including phenoxy) is 1. The van der Waals surface area contributed by atoms with Crippen molar-refractivity contribution in [3.05, 3.63) is 12.2 Å². The number of hydrogen-bond acceptors (Lipinski definition) is 4. The molecule has 4 nitrogen and oxygen atoms in total. The van der Waals surface area contributed by atoms with Gasteiger partial charge in [-0.1, -0.05) is 26.0 Å². The van der Waals surface area contributed by atoms with E-state index in [2.05, 4.69) is 24.9 Å². The molecule has 0 saturated heterocycles. The summed E-state index contributed by atoms with van der Waals surface area (Å²) < 4.78 is 4.75. The third kappa shape index (κ3) is 2.81. The van der Waals surface area contributed by atoms with Gasteiger partial charge >= 0.3 is 0 Å². The molecule has 0 heterocycles. The molecule has 1 rings (SSSR count). The van der Waals surface area contributed by atoms with Crippen LogP contribution in [0.1, 0.15) is 27.2 Å². The van der Waals surface area contributed by atoms with E-state index < -0.39 is 5.54 Å². The maximum absolute atomic E-state index is 10.9. The summed E-state index contributed by atoms with van der Waals surface area (Å²) in [4.78, 5) is 15.3. The fourth-order valence-corrected chi connectivity index (χ4v) is 2.09. The van der Waals surface area contributed by atoms with Gasteiger partial charge in [0.15, 0.2) is 12.0 Å². The van der Waals surface area contributed by atoms with Crippen LogP contribution in [0, 0.1) is 17.2 Å². The molecule has 0 aromatic heterocycles. The van der Waals surface area contributed by atoms with Gasteiger partial charge in [0.05, 0.1) is 12.6 Å². The maximum Gasteiger partial charge on any atom is 0.235 e. The van der Waals surface area contributed by atoms with Crippen LogP contribution in [-0.2, 0) is 9.53 Å². The minimum atomic E-state index is -0.432. The smallest absolute Gasteiger partial charge is 0.235 e. The van der Waals surface area contributed by atoms with E-state index in [-0.39, 0.29) is 11.6 Å². The zero-order valence-electron chi connectivity index (χ0n) is 10.9. The summed E-state index contributed by atoms with van der Waals surface area (Å²) in [5.74, 6) is 0.658. The number of allylic oxidation sites excluding steroid dienone is 1. The summed E-state index contributed by atoms with van der Waals surface area (Å²) in [6.07, 6.45) is 5.72. The van der Waals surface area contributed by atoms with Crippen molar-refractivity contribution in [1.82, 2.24) is 0 Å². The molecular weight excluding hydrogens is 216 g/mol. The molecule has 0 saturated carbocycles. The van der Waals surface area contributed by atoms with Crippen LogP contribution < -0.4 is 0 Å². The zero-order valence-corrected chi connectivity index (χ0v) is 10.9. The number of rotatable bonds is 3. The van der Waals surface area contributed by atoms with Crippen LogP contribution >= 0.6 is 0 Å². The number of hydrogen-bond donors (Lipinski definition) is 1. The number of methoxy groups -OCH3 is 1. The Morgan fingerprint density at radius 1 is 1.59 bits per heavy atom. The molecule has 1 aliphatic rings. The fraction of sp³-hybridized carbons (Fsp3) is 0.615. The van der Waals surface area contributed by atoms with Crippen LogP contribution in [0.3, 0.4) is 0 Å². The normalized spacial score (nSPS) is 33.3. The van der Waals surface area contributed by atoms with Gasteiger partial charge in [-0.15, -0.1) is 0 Å². The first-order valence-corrected chi connectivity index (χ1v) is 5.80. The molecule has 0 aliphatic heterocycles. The molecule has 0 amide bonds. The molecule has 1 N–H and O–H groups in total. The average Bonchev–Trinajstić information content (AvgIpc) is 2.32. The summed E-state index contributed by atoms with van der Waals surface area (Å²) in [6.45, 7) is 6.27. The summed E-state index contributed by atoms with van der Waals surface area (Å²) in [5.41, 5.74) is -0.362. The van der Waals surface area contributed by atoms with E-state index >= 15 is 0 Å². The topological polar surface area (TPSA) is 62.5 Å². The molecule has 1 aliphatic carbocycles. The lowest BCUT2D eigenvalue weighted by Crippen LogP contribution is -2.37. The Morgan fingerprint density at radius 3 is 2.76 bits per heavy atom. The molecule has 3 atom stereocenters. The van der Waals surface area contributed by atoms with Crippen LogP contribution in [0.25, 0.3) is 0 Å². The second-order valence-electron chi connectivity index (χ2n) is 4.78. The van der Waals surface area contributed by atoms with Gasteiger partial charge in [-0.25, -0.2) is 0 Å². The molecule has 0 aromatic carbocycles. The average molecular weight is 236 g/mol. The van der Waals surface area contributed by atoms with Gasteiger partial charge in [-0.3, -0.25) is 15.2 Å². The number of aldehydes is 1. The lowest BCUT2D eigenvalue weighted by Gasteiger charge is -2.36. The standard InChI is InChI=1S/C13H20N2O2/c1-9-6-5-7-13(3,10(9)2)15-11(8-16)12(14)17-4/h5,7-10,14H,6H2,1-4H3/t9-,10-,13?/m0/s1. The van der Waals surface area contributed by atoms with Crippen molar-refractivity contribution < 1.29 is 9.53 Å². The van der Waals surface area contributed by atoms with Crippen LogP contribution in [0.2, 0.25) is 0 Å². The van der Waals surface area contributed by atoms with Crippen molar-refractivity contribution in [2.24, 2.45) is 16.8 Å². The summed E-state index contributed by atoms with van der Waals surface area (Å²) >= 11 is 0. The summed E-state index contributed by atoms with van der Waals surface area (Å²) in [5, 5.41) is 7.51. The Morgan fingerprint density at radius 2 is 2.24 bits per heavy atom. The van der Waals surface area contributed by atoms with Gasteiger partial charge in [-0.05, 0) is 25.2 Å². The molecule has 4 heteroatoms. The van der Waals surface area contributed by atoms with Crippen LogP contribution in [0.4, 0.5) is 0 Å². The van der Waals surface area contributed by atoms with Crippen molar-refractivity contribution in [3.63, 3.8) is 0 Å². The molecule has 0 bridgehead atoms. The highest BCUT2D eigenvalue weighted by Crippen LogP contribution is 2.35. The van der Waals surface area contributed by atoms with Gasteiger partial charge in [0.25, 0.3) is 0 Å². The minimum absolute atomic E-state index is 0.0700. The van der Waals surface area contributed by atoms with Crippen molar-refractivity contribution >= 4 is 17.9 Å². The number of carbonyl (C=O) groups is 1. The lowest BCUT2D eigenvalue weighted by atomic mass is 9.74. The Labute approximate surface area is 102 Å². The molecule has 0 spiro atoms. The fourth-order valence-electron chi connectivity index (χ4n) is 2.09. The molecule has 0 radical (unpaired) electrons. The van der Waals surface area contributed by atoms with Gasteiger partial charge in [0, 0.05) is 0 Å². The third-order valence-corrected chi connectivity index (χ3v) is 3.65. The Hall–Kier alpha value is -1.45. The number of carbonyl (C=O) groups excluding carboxylic acids is 1. The SMILES string of the molecule is COC(=N)C(C=O)=NC1(C)C=CC[C@H](C)[C@@H]1C. The molecule has 17 heavy (non-hydrogen) atoms. The molecule has 94 valence electrons. The number of nitrogens with zero attached hydrogens (tertiary/aromatic N) is 1. The summed E-state index contributed by atoms with van der Waals surface area (Å²) in [7, 11) is 1.37. The largest absolute Gasteiger partial charge is 0.480 e. The predicted octanol–water partition coefficient (Wildman–Crippen LogP) is 2.24. The van der Waals surface area contributed by atoms with E-state index in [1.807, 2.05) is 13.0 Å². The van der Waals surface area contributed by atoms with Crippen molar-refractivity contribution in [2.45, 2.75) is 32.7 Å². The minimum Gasteiger partial charge on any atom is -0.480 e. The van der Waals surface area contributed by atoms with E-state index in [1.165, 1.54) is 7.11 Å². The van der Waals surface area contributed by atoms with Crippen molar-refractivity contribution in [3.8, 4) is 0 Å². The van der Waals surface area contributed by atoms with Gasteiger partial charge in [0.2, 0.25) is 5.90 Å². The van der Waals surface area contributed by atoms with Gasteiger partial charge in [0.1, 0.15) is 0 Å². The van der Waals surface area contributed by atoms with Crippen molar-refractivity contribution in [2.75, 3.05) is 7.11 Å². The summed E-state index contributed by atoms with van der Waals surface area (Å²) in [6, 6.07) is 0. The molecule has 0 fully saturated rings. The van der Waals surface area contributed by atoms with Gasteiger partial charge in [-0.2, -0.15) is 0 Å². The van der Waals surface area contributed by atoms with E-state index in [9.17, 15) is 4.79 Å². The van der Waals surface area contributed by atoms with Gasteiger partial charge < -0.3 is 4.74 Å². The second-order valence-corrected chi connectivity index (χ2v) is 4.78. The first-order valence-electron chi connectivity index (χ1n) is 5.80. The monoisotopic (exact) mass is 236 g/mol. The van der Waals surface area contributed by atoms with E-state index in [0.717, 1.165) is 6.42 Å². The predicted molar refractivity (Wildman–Crippen MR) is 68.7 cm³/mol. The Bertz CT molecular complexity index is 374. The van der Waals surface area contributed by atoms with Crippen LogP contribution in [0.5, 0.6) is 0 Å². The molecule has 0 aromatic rings. The Kier molecular flexibility index (Phi) is 4.21. The highest BCUT2D eigenvalue weighted by molar-refractivity contribution is 6.59. The van der Waals surface area contributed by atoms with Crippen molar-refractivity contribution in [1.29, 1.82) is 5.41 Å². The first kappa shape index (κ1) is 13.6. The third-order valence-electron chi connectivity index (χ3n) is 3.65. The van der Waals surface area contributed by atoms with E-state index in [0.29, 0.717) is 18.1 Å². The quantitative estimate of drug-likeness (QED) is 0.353. The van der Waals surface area contributed by atoms with E-state index in [1.54, 1.807) is 0 Å². The zero-order chi connectivity index (χ0) is 13.1. The van der Waals surface area contributed by atoms with E-state index in [4.69, 9.17) is 10.1 Å². The second kappa shape index (κ2) is 5.25. The molecule has 1 unspecified atom stereocenters. The number of aliphatic imine (C=N–C) groups is 1. The lowest BCUT2D eigenvalue weighted by molar-refractivity contribution is -0.102.